The Hall–Kier alpha value is -2.13. The molecule has 0 spiro atoms. The first-order valence-electron chi connectivity index (χ1n) is 9.96. The highest BCUT2D eigenvalue weighted by Crippen LogP contribution is 2.30. The third-order valence-corrected chi connectivity index (χ3v) is 6.76. The Morgan fingerprint density at radius 1 is 1.21 bits per heavy atom. The van der Waals surface area contributed by atoms with E-state index in [9.17, 15) is 18.0 Å². The Kier molecular flexibility index (Phi) is 8.04. The van der Waals surface area contributed by atoms with Gasteiger partial charge in [-0.05, 0) is 44.9 Å². The summed E-state index contributed by atoms with van der Waals surface area (Å²) >= 11 is 0. The van der Waals surface area contributed by atoms with Crippen LogP contribution in [-0.4, -0.2) is 50.4 Å². The van der Waals surface area contributed by atoms with Crippen molar-refractivity contribution in [2.24, 2.45) is 5.92 Å². The first kappa shape index (κ1) is 23.2. The summed E-state index contributed by atoms with van der Waals surface area (Å²) in [5.74, 6) is -0.700. The van der Waals surface area contributed by atoms with Crippen molar-refractivity contribution in [3.8, 4) is 5.75 Å². The van der Waals surface area contributed by atoms with E-state index in [-0.39, 0.29) is 28.6 Å². The Morgan fingerprint density at radius 3 is 2.38 bits per heavy atom. The van der Waals surface area contributed by atoms with E-state index in [2.05, 4.69) is 5.32 Å². The SMILES string of the molecule is CCN(CC)S(=O)(=O)c1ccc(OC(C)C)c(NC(=O)COC(=O)C2CCC2)c1. The van der Waals surface area contributed by atoms with Gasteiger partial charge < -0.3 is 14.8 Å². The average molecular weight is 427 g/mol. The molecule has 0 radical (unpaired) electrons. The average Bonchev–Trinajstić information content (AvgIpc) is 2.60. The summed E-state index contributed by atoms with van der Waals surface area (Å²) in [5.41, 5.74) is 0.219. The largest absolute Gasteiger partial charge is 0.489 e. The lowest BCUT2D eigenvalue weighted by atomic mass is 9.86. The maximum Gasteiger partial charge on any atom is 0.309 e. The molecule has 0 saturated heterocycles. The van der Waals surface area contributed by atoms with Gasteiger partial charge in [0.2, 0.25) is 10.0 Å². The topological polar surface area (TPSA) is 102 Å². The molecule has 1 aromatic carbocycles. The molecule has 9 heteroatoms. The van der Waals surface area contributed by atoms with E-state index in [4.69, 9.17) is 9.47 Å². The highest BCUT2D eigenvalue weighted by molar-refractivity contribution is 7.89. The molecule has 2 rings (SSSR count). The molecule has 1 aliphatic carbocycles. The van der Waals surface area contributed by atoms with Crippen LogP contribution in [0.2, 0.25) is 0 Å². The van der Waals surface area contributed by atoms with Crippen LogP contribution >= 0.6 is 0 Å². The second kappa shape index (κ2) is 10.1. The number of benzene rings is 1. The first-order valence-corrected chi connectivity index (χ1v) is 11.4. The second-order valence-corrected chi connectivity index (χ2v) is 9.14. The van der Waals surface area contributed by atoms with E-state index in [1.165, 1.54) is 22.5 Å². The Bertz CT molecular complexity index is 829. The maximum atomic E-state index is 12.8. The van der Waals surface area contributed by atoms with Crippen LogP contribution in [-0.2, 0) is 24.3 Å². The van der Waals surface area contributed by atoms with Crippen molar-refractivity contribution in [2.45, 2.75) is 58.0 Å². The number of nitrogens with zero attached hydrogens (tertiary/aromatic N) is 1. The number of carbonyl (C=O) groups excluding carboxylic acids is 2. The minimum atomic E-state index is -3.70. The summed E-state index contributed by atoms with van der Waals surface area (Å²) in [6, 6.07) is 4.35. The normalized spacial score (nSPS) is 14.6. The van der Waals surface area contributed by atoms with E-state index >= 15 is 0 Å². The summed E-state index contributed by atoms with van der Waals surface area (Å²) in [6.45, 7) is 7.42. The summed E-state index contributed by atoms with van der Waals surface area (Å²) < 4.78 is 37.7. The Balaban J connectivity index is 2.19. The number of sulfonamides is 1. The lowest BCUT2D eigenvalue weighted by molar-refractivity contribution is -0.154. The lowest BCUT2D eigenvalue weighted by Gasteiger charge is -2.23. The maximum absolute atomic E-state index is 12.8. The van der Waals surface area contributed by atoms with Crippen molar-refractivity contribution in [3.05, 3.63) is 18.2 Å². The minimum Gasteiger partial charge on any atom is -0.489 e. The molecular weight excluding hydrogens is 396 g/mol. The summed E-state index contributed by atoms with van der Waals surface area (Å²) in [4.78, 5) is 24.2. The number of nitrogens with one attached hydrogen (secondary N) is 1. The van der Waals surface area contributed by atoms with Gasteiger partial charge in [-0.25, -0.2) is 8.42 Å². The summed E-state index contributed by atoms with van der Waals surface area (Å²) in [6.07, 6.45) is 2.40. The monoisotopic (exact) mass is 426 g/mol. The third-order valence-electron chi connectivity index (χ3n) is 4.72. The van der Waals surface area contributed by atoms with Crippen LogP contribution in [0.1, 0.15) is 47.0 Å². The summed E-state index contributed by atoms with van der Waals surface area (Å²) in [7, 11) is -3.70. The molecule has 29 heavy (non-hydrogen) atoms. The van der Waals surface area contributed by atoms with Crippen molar-refractivity contribution in [3.63, 3.8) is 0 Å². The quantitative estimate of drug-likeness (QED) is 0.577. The number of ether oxygens (including phenoxy) is 2. The molecule has 0 bridgehead atoms. The molecule has 0 heterocycles. The van der Waals surface area contributed by atoms with Crippen LogP contribution in [0.4, 0.5) is 5.69 Å². The van der Waals surface area contributed by atoms with Crippen LogP contribution in [0.5, 0.6) is 5.75 Å². The van der Waals surface area contributed by atoms with Crippen molar-refractivity contribution < 1.29 is 27.5 Å². The molecule has 0 aromatic heterocycles. The number of rotatable bonds is 10. The highest BCUT2D eigenvalue weighted by Gasteiger charge is 2.27. The zero-order chi connectivity index (χ0) is 21.6. The Labute approximate surface area is 172 Å². The zero-order valence-corrected chi connectivity index (χ0v) is 18.3. The number of esters is 1. The number of anilines is 1. The fourth-order valence-corrected chi connectivity index (χ4v) is 4.41. The van der Waals surface area contributed by atoms with Crippen molar-refractivity contribution in [2.75, 3.05) is 25.0 Å². The summed E-state index contributed by atoms with van der Waals surface area (Å²) in [5, 5.41) is 2.61. The van der Waals surface area contributed by atoms with Gasteiger partial charge in [-0.1, -0.05) is 20.3 Å². The molecule has 1 aromatic rings. The van der Waals surface area contributed by atoms with Crippen LogP contribution in [0.25, 0.3) is 0 Å². The van der Waals surface area contributed by atoms with Gasteiger partial charge in [0.15, 0.2) is 6.61 Å². The lowest BCUT2D eigenvalue weighted by Crippen LogP contribution is -2.31. The molecule has 162 valence electrons. The van der Waals surface area contributed by atoms with Gasteiger partial charge in [-0.3, -0.25) is 9.59 Å². The van der Waals surface area contributed by atoms with Gasteiger partial charge >= 0.3 is 5.97 Å². The number of carbonyl (C=O) groups is 2. The number of amides is 1. The van der Waals surface area contributed by atoms with Crippen LogP contribution in [0.15, 0.2) is 23.1 Å². The van der Waals surface area contributed by atoms with Crippen LogP contribution in [0, 0.1) is 5.92 Å². The minimum absolute atomic E-state index is 0.0547. The third kappa shape index (κ3) is 5.93. The van der Waals surface area contributed by atoms with Gasteiger partial charge in [-0.15, -0.1) is 0 Å². The molecule has 0 atom stereocenters. The first-order chi connectivity index (χ1) is 13.7. The van der Waals surface area contributed by atoms with E-state index in [0.717, 1.165) is 19.3 Å². The smallest absolute Gasteiger partial charge is 0.309 e. The molecule has 1 amide bonds. The number of hydrogen-bond donors (Lipinski definition) is 1. The molecule has 1 aliphatic rings. The standard InChI is InChI=1S/C20H30N2O6S/c1-5-22(6-2)29(25,26)16-10-11-18(28-14(3)4)17(12-16)21-19(23)13-27-20(24)15-8-7-9-15/h10-12,14-15H,5-9,13H2,1-4H3,(H,21,23). The van der Waals surface area contributed by atoms with Crippen molar-refractivity contribution >= 4 is 27.6 Å². The van der Waals surface area contributed by atoms with E-state index < -0.39 is 22.5 Å². The molecule has 1 N–H and O–H groups in total. The van der Waals surface area contributed by atoms with Crippen LogP contribution < -0.4 is 10.1 Å². The molecular formula is C20H30N2O6S. The molecule has 0 unspecified atom stereocenters. The highest BCUT2D eigenvalue weighted by atomic mass is 32.2. The van der Waals surface area contributed by atoms with E-state index in [1.54, 1.807) is 13.8 Å². The number of hydrogen-bond acceptors (Lipinski definition) is 6. The van der Waals surface area contributed by atoms with Gasteiger partial charge in [0.25, 0.3) is 5.91 Å². The van der Waals surface area contributed by atoms with Gasteiger partial charge in [0, 0.05) is 13.1 Å². The fraction of sp³-hybridized carbons (Fsp3) is 0.600. The predicted molar refractivity (Wildman–Crippen MR) is 109 cm³/mol. The zero-order valence-electron chi connectivity index (χ0n) is 17.4. The Morgan fingerprint density at radius 2 is 1.86 bits per heavy atom. The fourth-order valence-electron chi connectivity index (χ4n) is 2.92. The predicted octanol–water partition coefficient (Wildman–Crippen LogP) is 2.79. The van der Waals surface area contributed by atoms with Crippen LogP contribution in [0.3, 0.4) is 0 Å². The van der Waals surface area contributed by atoms with E-state index in [0.29, 0.717) is 18.8 Å². The van der Waals surface area contributed by atoms with Gasteiger partial charge in [0.05, 0.1) is 22.6 Å². The molecule has 0 aliphatic heterocycles. The van der Waals surface area contributed by atoms with E-state index in [1.807, 2.05) is 13.8 Å². The van der Waals surface area contributed by atoms with Crippen molar-refractivity contribution in [1.29, 1.82) is 0 Å². The van der Waals surface area contributed by atoms with Gasteiger partial charge in [0.1, 0.15) is 5.75 Å². The second-order valence-electron chi connectivity index (χ2n) is 7.20. The molecule has 8 nitrogen and oxygen atoms in total. The molecule has 1 fully saturated rings. The van der Waals surface area contributed by atoms with Gasteiger partial charge in [-0.2, -0.15) is 4.31 Å². The van der Waals surface area contributed by atoms with Crippen molar-refractivity contribution in [1.82, 2.24) is 4.31 Å². The molecule has 1 saturated carbocycles.